The molecule has 1 aromatic rings. The Hall–Kier alpha value is -0.760. The van der Waals surface area contributed by atoms with E-state index in [0.717, 1.165) is 19.8 Å². The molecule has 0 radical (unpaired) electrons. The van der Waals surface area contributed by atoms with Gasteiger partial charge in [0.2, 0.25) is 0 Å². The lowest BCUT2D eigenvalue weighted by atomic mass is 9.98. The van der Waals surface area contributed by atoms with Crippen molar-refractivity contribution in [2.45, 2.75) is 38.8 Å². The third kappa shape index (κ3) is 1.12. The molecule has 1 aliphatic heterocycles. The first kappa shape index (κ1) is 7.63. The van der Waals surface area contributed by atoms with Gasteiger partial charge in [-0.05, 0) is 37.3 Å². The second-order valence-electron chi connectivity index (χ2n) is 4.02. The second kappa shape index (κ2) is 2.88. The molecule has 0 N–H and O–H groups in total. The van der Waals surface area contributed by atoms with Gasteiger partial charge in [-0.25, -0.2) is 0 Å². The number of hydrogen-bond donors (Lipinski definition) is 0. The van der Waals surface area contributed by atoms with E-state index in [1.807, 2.05) is 0 Å². The van der Waals surface area contributed by atoms with Crippen molar-refractivity contribution in [2.24, 2.45) is 0 Å². The Bertz CT molecular complexity index is 297. The van der Waals surface area contributed by atoms with Crippen LogP contribution in [-0.2, 0) is 30.7 Å². The number of ether oxygens (including phenoxy) is 1. The van der Waals surface area contributed by atoms with E-state index in [1.54, 1.807) is 11.3 Å². The Balaban J connectivity index is 2.09. The van der Waals surface area contributed by atoms with Gasteiger partial charge in [-0.3, -0.25) is 0 Å². The number of hydrogen-bond acceptors (Lipinski definition) is 1. The second-order valence-corrected chi connectivity index (χ2v) is 4.02. The maximum absolute atomic E-state index is 5.45. The van der Waals surface area contributed by atoms with Crippen LogP contribution in [0.5, 0.6) is 0 Å². The molecule has 0 saturated carbocycles. The van der Waals surface area contributed by atoms with Gasteiger partial charge >= 0.3 is 0 Å². The SMILES string of the molecule is c1c2c(n3c1COCC3)CCCC2. The van der Waals surface area contributed by atoms with Crippen LogP contribution in [0.4, 0.5) is 0 Å². The molecule has 1 aliphatic carbocycles. The van der Waals surface area contributed by atoms with E-state index < -0.39 is 0 Å². The van der Waals surface area contributed by atoms with Crippen molar-refractivity contribution in [3.8, 4) is 0 Å². The van der Waals surface area contributed by atoms with E-state index in [2.05, 4.69) is 10.6 Å². The van der Waals surface area contributed by atoms with Gasteiger partial charge in [0, 0.05) is 17.9 Å². The summed E-state index contributed by atoms with van der Waals surface area (Å²) in [6, 6.07) is 2.35. The molecule has 0 saturated heterocycles. The lowest BCUT2D eigenvalue weighted by molar-refractivity contribution is 0.0839. The smallest absolute Gasteiger partial charge is 0.0868 e. The zero-order valence-corrected chi connectivity index (χ0v) is 7.88. The van der Waals surface area contributed by atoms with E-state index in [4.69, 9.17) is 4.74 Å². The van der Waals surface area contributed by atoms with Gasteiger partial charge in [-0.1, -0.05) is 0 Å². The zero-order chi connectivity index (χ0) is 8.67. The van der Waals surface area contributed by atoms with Crippen LogP contribution in [0.2, 0.25) is 0 Å². The van der Waals surface area contributed by atoms with Crippen LogP contribution in [0.25, 0.3) is 0 Å². The highest BCUT2D eigenvalue weighted by atomic mass is 16.5. The quantitative estimate of drug-likeness (QED) is 0.590. The lowest BCUT2D eigenvalue weighted by Crippen LogP contribution is -2.18. The van der Waals surface area contributed by atoms with Crippen molar-refractivity contribution in [1.82, 2.24) is 4.57 Å². The van der Waals surface area contributed by atoms with Crippen molar-refractivity contribution in [1.29, 1.82) is 0 Å². The number of nitrogens with zero attached hydrogens (tertiary/aromatic N) is 1. The Morgan fingerprint density at radius 1 is 1.23 bits per heavy atom. The molecule has 70 valence electrons. The predicted molar refractivity (Wildman–Crippen MR) is 50.7 cm³/mol. The summed E-state index contributed by atoms with van der Waals surface area (Å²) in [5, 5.41) is 0. The highest BCUT2D eigenvalue weighted by molar-refractivity contribution is 5.30. The third-order valence-electron chi connectivity index (χ3n) is 3.20. The van der Waals surface area contributed by atoms with E-state index in [1.165, 1.54) is 31.4 Å². The van der Waals surface area contributed by atoms with Crippen LogP contribution < -0.4 is 0 Å². The first-order valence-corrected chi connectivity index (χ1v) is 5.23. The summed E-state index contributed by atoms with van der Waals surface area (Å²) in [6.45, 7) is 2.80. The van der Waals surface area contributed by atoms with Crippen LogP contribution in [0.15, 0.2) is 6.07 Å². The van der Waals surface area contributed by atoms with Gasteiger partial charge in [0.15, 0.2) is 0 Å². The van der Waals surface area contributed by atoms with Crippen LogP contribution >= 0.6 is 0 Å². The van der Waals surface area contributed by atoms with E-state index in [9.17, 15) is 0 Å². The molecule has 0 spiro atoms. The Morgan fingerprint density at radius 3 is 3.15 bits per heavy atom. The summed E-state index contributed by atoms with van der Waals surface area (Å²) in [7, 11) is 0. The molecule has 0 bridgehead atoms. The average Bonchev–Trinajstić information content (AvgIpc) is 2.56. The highest BCUT2D eigenvalue weighted by Gasteiger charge is 2.19. The molecule has 2 aliphatic rings. The number of fused-ring (bicyclic) bond motifs is 3. The Morgan fingerprint density at radius 2 is 2.15 bits per heavy atom. The third-order valence-corrected chi connectivity index (χ3v) is 3.20. The molecule has 13 heavy (non-hydrogen) atoms. The van der Waals surface area contributed by atoms with Crippen LogP contribution in [0.1, 0.15) is 29.8 Å². The molecular weight excluding hydrogens is 162 g/mol. The van der Waals surface area contributed by atoms with E-state index in [-0.39, 0.29) is 0 Å². The highest BCUT2D eigenvalue weighted by Crippen LogP contribution is 2.26. The van der Waals surface area contributed by atoms with Gasteiger partial charge in [-0.15, -0.1) is 0 Å². The van der Waals surface area contributed by atoms with Gasteiger partial charge in [0.25, 0.3) is 0 Å². The number of rotatable bonds is 0. The fraction of sp³-hybridized carbons (Fsp3) is 0.636. The van der Waals surface area contributed by atoms with E-state index >= 15 is 0 Å². The minimum absolute atomic E-state index is 0.826. The molecular formula is C11H15NO. The van der Waals surface area contributed by atoms with Crippen molar-refractivity contribution in [3.05, 3.63) is 23.0 Å². The molecule has 2 heteroatoms. The normalized spacial score (nSPS) is 20.9. The average molecular weight is 177 g/mol. The summed E-state index contributed by atoms with van der Waals surface area (Å²) < 4.78 is 7.94. The van der Waals surface area contributed by atoms with Crippen molar-refractivity contribution in [2.75, 3.05) is 6.61 Å². The van der Waals surface area contributed by atoms with Crippen LogP contribution in [0.3, 0.4) is 0 Å². The largest absolute Gasteiger partial charge is 0.373 e. The van der Waals surface area contributed by atoms with Gasteiger partial charge < -0.3 is 9.30 Å². The molecule has 0 unspecified atom stereocenters. The maximum Gasteiger partial charge on any atom is 0.0868 e. The first-order valence-electron chi connectivity index (χ1n) is 5.23. The summed E-state index contributed by atoms with van der Waals surface area (Å²) in [5.74, 6) is 0. The zero-order valence-electron chi connectivity index (χ0n) is 7.88. The summed E-state index contributed by atoms with van der Waals surface area (Å²) in [6.07, 6.45) is 5.32. The van der Waals surface area contributed by atoms with Gasteiger partial charge in [0.1, 0.15) is 0 Å². The predicted octanol–water partition coefficient (Wildman–Crippen LogP) is 1.90. The van der Waals surface area contributed by atoms with Crippen LogP contribution in [0, 0.1) is 0 Å². The monoisotopic (exact) mass is 177 g/mol. The van der Waals surface area contributed by atoms with Gasteiger partial charge in [-0.2, -0.15) is 0 Å². The van der Waals surface area contributed by atoms with E-state index in [0.29, 0.717) is 0 Å². The van der Waals surface area contributed by atoms with Crippen molar-refractivity contribution in [3.63, 3.8) is 0 Å². The van der Waals surface area contributed by atoms with Crippen LogP contribution in [-0.4, -0.2) is 11.2 Å². The van der Waals surface area contributed by atoms with Crippen molar-refractivity contribution < 1.29 is 4.74 Å². The summed E-state index contributed by atoms with van der Waals surface area (Å²) in [5.41, 5.74) is 4.59. The fourth-order valence-corrected chi connectivity index (χ4v) is 2.56. The molecule has 0 fully saturated rings. The summed E-state index contributed by atoms with van der Waals surface area (Å²) >= 11 is 0. The first-order chi connectivity index (χ1) is 6.45. The molecule has 1 aromatic heterocycles. The number of aryl methyl sites for hydroxylation is 1. The minimum atomic E-state index is 0.826. The minimum Gasteiger partial charge on any atom is -0.373 e. The Kier molecular flexibility index (Phi) is 1.69. The maximum atomic E-state index is 5.45. The molecule has 2 nitrogen and oxygen atoms in total. The molecule has 3 rings (SSSR count). The standard InChI is InChI=1S/C11H15NO/c1-2-4-11-9(3-1)7-10-8-13-6-5-12(10)11/h7H,1-6,8H2. The Labute approximate surface area is 78.5 Å². The molecule has 2 heterocycles. The van der Waals surface area contributed by atoms with Crippen molar-refractivity contribution >= 4 is 0 Å². The number of aromatic nitrogens is 1. The summed E-state index contributed by atoms with van der Waals surface area (Å²) in [4.78, 5) is 0. The fourth-order valence-electron chi connectivity index (χ4n) is 2.56. The lowest BCUT2D eigenvalue weighted by Gasteiger charge is -2.20. The molecule has 0 amide bonds. The van der Waals surface area contributed by atoms with Gasteiger partial charge in [0.05, 0.1) is 13.2 Å². The molecule has 0 atom stereocenters. The molecule has 0 aromatic carbocycles. The topological polar surface area (TPSA) is 14.2 Å².